The number of hydrogen-bond acceptors (Lipinski definition) is 1. The molecule has 100 valence electrons. The molecule has 0 radical (unpaired) electrons. The second-order valence-corrected chi connectivity index (χ2v) is 5.65. The topological polar surface area (TPSA) is 12.0 Å². The minimum absolute atomic E-state index is 0.568. The zero-order chi connectivity index (χ0) is 13.5. The summed E-state index contributed by atoms with van der Waals surface area (Å²) >= 11 is 3.63. The van der Waals surface area contributed by atoms with Crippen LogP contribution in [0.4, 0.5) is 0 Å². The van der Waals surface area contributed by atoms with Gasteiger partial charge < -0.3 is 5.32 Å². The van der Waals surface area contributed by atoms with Gasteiger partial charge in [0.1, 0.15) is 0 Å². The smallest absolute Gasteiger partial charge is 0.0207 e. The number of halogens is 1. The monoisotopic (exact) mass is 317 g/mol. The lowest BCUT2D eigenvalue weighted by atomic mass is 9.92. The van der Waals surface area contributed by atoms with Crippen LogP contribution in [0.15, 0.2) is 59.1 Å². The van der Waals surface area contributed by atoms with Crippen molar-refractivity contribution in [2.75, 3.05) is 13.6 Å². The van der Waals surface area contributed by atoms with Gasteiger partial charge >= 0.3 is 0 Å². The molecular weight excluding hydrogens is 298 g/mol. The van der Waals surface area contributed by atoms with Gasteiger partial charge in [-0.2, -0.15) is 0 Å². The minimum Gasteiger partial charge on any atom is -0.319 e. The summed E-state index contributed by atoms with van der Waals surface area (Å²) in [4.78, 5) is 0. The lowest BCUT2D eigenvalue weighted by molar-refractivity contribution is 0.583. The van der Waals surface area contributed by atoms with Crippen LogP contribution in [0, 0.1) is 0 Å². The van der Waals surface area contributed by atoms with Crippen LogP contribution in [-0.4, -0.2) is 13.6 Å². The first-order valence-corrected chi connectivity index (χ1v) is 7.53. The maximum absolute atomic E-state index is 3.63. The molecule has 0 bridgehead atoms. The first-order chi connectivity index (χ1) is 9.31. The minimum atomic E-state index is 0.568. The first kappa shape index (κ1) is 14.3. The standard InChI is InChI=1S/C17H20BrN/c1-19-13-16(14-7-3-2-4-8-14)12-11-15-9-5-6-10-17(15)18/h2-10,16,19H,11-13H2,1H3. The van der Waals surface area contributed by atoms with Crippen LogP contribution in [0.25, 0.3) is 0 Å². The van der Waals surface area contributed by atoms with Crippen molar-refractivity contribution in [3.05, 3.63) is 70.2 Å². The molecule has 0 heterocycles. The quantitative estimate of drug-likeness (QED) is 0.833. The highest BCUT2D eigenvalue weighted by atomic mass is 79.9. The van der Waals surface area contributed by atoms with E-state index in [0.29, 0.717) is 5.92 Å². The summed E-state index contributed by atoms with van der Waals surface area (Å²) in [6, 6.07) is 19.3. The molecule has 0 fully saturated rings. The number of likely N-dealkylation sites (N-methyl/N-ethyl adjacent to an activating group) is 1. The maximum atomic E-state index is 3.63. The molecule has 19 heavy (non-hydrogen) atoms. The third-order valence-corrected chi connectivity index (χ3v) is 4.22. The zero-order valence-electron chi connectivity index (χ0n) is 11.3. The van der Waals surface area contributed by atoms with Crippen molar-refractivity contribution in [1.82, 2.24) is 5.32 Å². The van der Waals surface area contributed by atoms with Crippen LogP contribution in [0.5, 0.6) is 0 Å². The van der Waals surface area contributed by atoms with Crippen molar-refractivity contribution >= 4 is 15.9 Å². The summed E-state index contributed by atoms with van der Waals surface area (Å²) in [6.07, 6.45) is 2.26. The fourth-order valence-corrected chi connectivity index (χ4v) is 2.87. The molecule has 0 amide bonds. The van der Waals surface area contributed by atoms with E-state index in [2.05, 4.69) is 75.8 Å². The predicted octanol–water partition coefficient (Wildman–Crippen LogP) is 4.38. The Hall–Kier alpha value is -1.12. The zero-order valence-corrected chi connectivity index (χ0v) is 12.9. The van der Waals surface area contributed by atoms with E-state index in [1.165, 1.54) is 15.6 Å². The van der Waals surface area contributed by atoms with E-state index < -0.39 is 0 Å². The summed E-state index contributed by atoms with van der Waals surface area (Å²) in [5, 5.41) is 3.31. The molecule has 0 aliphatic rings. The molecule has 0 aliphatic carbocycles. The molecule has 1 N–H and O–H groups in total. The average Bonchev–Trinajstić information content (AvgIpc) is 2.46. The molecule has 1 unspecified atom stereocenters. The number of aryl methyl sites for hydroxylation is 1. The molecule has 1 nitrogen and oxygen atoms in total. The lowest BCUT2D eigenvalue weighted by Crippen LogP contribution is -2.17. The summed E-state index contributed by atoms with van der Waals surface area (Å²) in [5.74, 6) is 0.568. The molecular formula is C17H20BrN. The first-order valence-electron chi connectivity index (χ1n) is 6.74. The van der Waals surface area contributed by atoms with Crippen molar-refractivity contribution in [2.45, 2.75) is 18.8 Å². The van der Waals surface area contributed by atoms with E-state index in [9.17, 15) is 0 Å². The van der Waals surface area contributed by atoms with Crippen LogP contribution in [0.2, 0.25) is 0 Å². The molecule has 2 rings (SSSR count). The van der Waals surface area contributed by atoms with Gasteiger partial charge in [0.05, 0.1) is 0 Å². The molecule has 0 saturated heterocycles. The number of benzene rings is 2. The summed E-state index contributed by atoms with van der Waals surface area (Å²) in [7, 11) is 2.02. The van der Waals surface area contributed by atoms with E-state index in [1.807, 2.05) is 7.05 Å². The van der Waals surface area contributed by atoms with Gasteiger partial charge in [-0.25, -0.2) is 0 Å². The summed E-state index contributed by atoms with van der Waals surface area (Å²) < 4.78 is 1.21. The van der Waals surface area contributed by atoms with Gasteiger partial charge in [0.2, 0.25) is 0 Å². The van der Waals surface area contributed by atoms with Gasteiger partial charge in [-0.05, 0) is 43.0 Å². The second kappa shape index (κ2) is 7.46. The van der Waals surface area contributed by atoms with Gasteiger partial charge in [-0.3, -0.25) is 0 Å². The van der Waals surface area contributed by atoms with Gasteiger partial charge in [0.15, 0.2) is 0 Å². The number of hydrogen-bond donors (Lipinski definition) is 1. The average molecular weight is 318 g/mol. The number of rotatable bonds is 6. The van der Waals surface area contributed by atoms with Gasteiger partial charge in [-0.1, -0.05) is 64.5 Å². The SMILES string of the molecule is CNCC(CCc1ccccc1Br)c1ccccc1. The van der Waals surface area contributed by atoms with Crippen molar-refractivity contribution in [3.63, 3.8) is 0 Å². The van der Waals surface area contributed by atoms with Crippen molar-refractivity contribution in [2.24, 2.45) is 0 Å². The van der Waals surface area contributed by atoms with Crippen LogP contribution >= 0.6 is 15.9 Å². The Morgan fingerprint density at radius 2 is 1.68 bits per heavy atom. The molecule has 0 spiro atoms. The molecule has 0 aromatic heterocycles. The highest BCUT2D eigenvalue weighted by molar-refractivity contribution is 9.10. The van der Waals surface area contributed by atoms with Gasteiger partial charge in [-0.15, -0.1) is 0 Å². The van der Waals surface area contributed by atoms with Crippen molar-refractivity contribution in [3.8, 4) is 0 Å². The highest BCUT2D eigenvalue weighted by Crippen LogP contribution is 2.24. The predicted molar refractivity (Wildman–Crippen MR) is 85.6 cm³/mol. The molecule has 1 atom stereocenters. The molecule has 2 aromatic rings. The third kappa shape index (κ3) is 4.19. The normalized spacial score (nSPS) is 12.3. The molecule has 2 heteroatoms. The Bertz CT molecular complexity index is 496. The Kier molecular flexibility index (Phi) is 5.62. The Labute approximate surface area is 124 Å². The van der Waals surface area contributed by atoms with Gasteiger partial charge in [0, 0.05) is 11.0 Å². The van der Waals surface area contributed by atoms with Gasteiger partial charge in [0.25, 0.3) is 0 Å². The number of nitrogens with one attached hydrogen (secondary N) is 1. The molecule has 0 aliphatic heterocycles. The molecule has 0 saturated carbocycles. The van der Waals surface area contributed by atoms with E-state index >= 15 is 0 Å². The van der Waals surface area contributed by atoms with Crippen LogP contribution < -0.4 is 5.32 Å². The third-order valence-electron chi connectivity index (χ3n) is 3.44. The van der Waals surface area contributed by atoms with E-state index in [0.717, 1.165) is 19.4 Å². The lowest BCUT2D eigenvalue weighted by Gasteiger charge is -2.17. The summed E-state index contributed by atoms with van der Waals surface area (Å²) in [6.45, 7) is 1.02. The Morgan fingerprint density at radius 1 is 1.00 bits per heavy atom. The van der Waals surface area contributed by atoms with Crippen molar-refractivity contribution < 1.29 is 0 Å². The van der Waals surface area contributed by atoms with Crippen molar-refractivity contribution in [1.29, 1.82) is 0 Å². The molecule has 2 aromatic carbocycles. The Balaban J connectivity index is 2.04. The fourth-order valence-electron chi connectivity index (χ4n) is 2.39. The second-order valence-electron chi connectivity index (χ2n) is 4.80. The van der Waals surface area contributed by atoms with Crippen LogP contribution in [0.1, 0.15) is 23.5 Å². The van der Waals surface area contributed by atoms with Crippen LogP contribution in [0.3, 0.4) is 0 Å². The van der Waals surface area contributed by atoms with E-state index in [-0.39, 0.29) is 0 Å². The fraction of sp³-hybridized carbons (Fsp3) is 0.294. The van der Waals surface area contributed by atoms with E-state index in [4.69, 9.17) is 0 Å². The summed E-state index contributed by atoms with van der Waals surface area (Å²) in [5.41, 5.74) is 2.81. The highest BCUT2D eigenvalue weighted by Gasteiger charge is 2.11. The largest absolute Gasteiger partial charge is 0.319 e. The maximum Gasteiger partial charge on any atom is 0.0207 e. The van der Waals surface area contributed by atoms with E-state index in [1.54, 1.807) is 0 Å². The Morgan fingerprint density at radius 3 is 2.37 bits per heavy atom. The van der Waals surface area contributed by atoms with Crippen LogP contribution in [-0.2, 0) is 6.42 Å².